The molecule has 2 aromatic rings. The highest BCUT2D eigenvalue weighted by atomic mass is 16.5. The second-order valence-corrected chi connectivity index (χ2v) is 7.02. The zero-order valence-electron chi connectivity index (χ0n) is 14.8. The molecule has 0 radical (unpaired) electrons. The van der Waals surface area contributed by atoms with Gasteiger partial charge in [0.25, 0.3) is 0 Å². The molecule has 5 heteroatoms. The third-order valence-corrected chi connectivity index (χ3v) is 5.38. The molecule has 1 atom stereocenters. The maximum Gasteiger partial charge on any atom is 0.222 e. The first-order chi connectivity index (χ1) is 12.1. The van der Waals surface area contributed by atoms with E-state index >= 15 is 0 Å². The van der Waals surface area contributed by atoms with Gasteiger partial charge in [0.15, 0.2) is 5.82 Å². The Morgan fingerprint density at radius 2 is 2.08 bits per heavy atom. The van der Waals surface area contributed by atoms with Crippen LogP contribution in [0.4, 0.5) is 0 Å². The van der Waals surface area contributed by atoms with Crippen LogP contribution in [0.5, 0.6) is 0 Å². The minimum atomic E-state index is -0.199. The summed E-state index contributed by atoms with van der Waals surface area (Å²) < 4.78 is 5.90. The fourth-order valence-corrected chi connectivity index (χ4v) is 3.96. The van der Waals surface area contributed by atoms with E-state index in [1.54, 1.807) is 0 Å². The Bertz CT molecular complexity index is 806. The van der Waals surface area contributed by atoms with E-state index in [4.69, 9.17) is 14.7 Å². The predicted molar refractivity (Wildman–Crippen MR) is 95.0 cm³/mol. The lowest BCUT2D eigenvalue weighted by Gasteiger charge is -2.35. The summed E-state index contributed by atoms with van der Waals surface area (Å²) in [5, 5.41) is 0. The highest BCUT2D eigenvalue weighted by molar-refractivity contribution is 5.76. The molecule has 1 spiro atoms. The minimum absolute atomic E-state index is 0.199. The monoisotopic (exact) mass is 337 g/mol. The van der Waals surface area contributed by atoms with Crippen molar-refractivity contribution in [1.29, 1.82) is 0 Å². The van der Waals surface area contributed by atoms with Crippen LogP contribution in [0.25, 0.3) is 11.4 Å². The first kappa shape index (κ1) is 16.2. The Morgan fingerprint density at radius 1 is 1.28 bits per heavy atom. The molecule has 0 N–H and O–H groups in total. The Labute approximate surface area is 148 Å². The van der Waals surface area contributed by atoms with Crippen molar-refractivity contribution in [3.63, 3.8) is 0 Å². The summed E-state index contributed by atoms with van der Waals surface area (Å²) in [5.41, 5.74) is 3.97. The van der Waals surface area contributed by atoms with Crippen LogP contribution in [0.2, 0.25) is 0 Å². The summed E-state index contributed by atoms with van der Waals surface area (Å²) >= 11 is 0. The van der Waals surface area contributed by atoms with Crippen LogP contribution in [-0.2, 0) is 21.6 Å². The Balaban J connectivity index is 1.78. The van der Waals surface area contributed by atoms with Crippen molar-refractivity contribution in [2.75, 3.05) is 19.7 Å². The SMILES string of the molecule is CCC(=O)N1CCC2(COCc3c(C)nc(-c4ccccc4)nc32)C1. The standard InChI is InChI=1S/C20H23N3O2/c1-3-17(24)23-10-9-20(12-23)13-25-11-16-14(2)21-19(22-18(16)20)15-7-5-4-6-8-15/h4-8H,3,9-13H2,1-2H3. The van der Waals surface area contributed by atoms with Gasteiger partial charge in [-0.3, -0.25) is 4.79 Å². The molecular formula is C20H23N3O2. The van der Waals surface area contributed by atoms with Crippen LogP contribution in [0, 0.1) is 6.92 Å². The van der Waals surface area contributed by atoms with Crippen LogP contribution >= 0.6 is 0 Å². The van der Waals surface area contributed by atoms with Crippen molar-refractivity contribution in [1.82, 2.24) is 14.9 Å². The van der Waals surface area contributed by atoms with E-state index in [2.05, 4.69) is 0 Å². The number of aromatic nitrogens is 2. The number of carbonyl (C=O) groups excluding carboxylic acids is 1. The summed E-state index contributed by atoms with van der Waals surface area (Å²) in [6.45, 7) is 6.59. The average Bonchev–Trinajstić information content (AvgIpc) is 3.07. The van der Waals surface area contributed by atoms with Crippen molar-refractivity contribution in [2.24, 2.45) is 0 Å². The van der Waals surface area contributed by atoms with Gasteiger partial charge < -0.3 is 9.64 Å². The molecule has 25 heavy (non-hydrogen) atoms. The molecule has 4 rings (SSSR count). The van der Waals surface area contributed by atoms with E-state index in [-0.39, 0.29) is 11.3 Å². The van der Waals surface area contributed by atoms with E-state index < -0.39 is 0 Å². The van der Waals surface area contributed by atoms with Gasteiger partial charge in [0.1, 0.15) is 0 Å². The molecule has 5 nitrogen and oxygen atoms in total. The summed E-state index contributed by atoms with van der Waals surface area (Å²) in [4.78, 5) is 23.8. The molecule has 130 valence electrons. The number of aryl methyl sites for hydroxylation is 1. The van der Waals surface area contributed by atoms with Crippen molar-refractivity contribution in [2.45, 2.75) is 38.7 Å². The van der Waals surface area contributed by atoms with E-state index in [1.807, 2.05) is 49.1 Å². The fraction of sp³-hybridized carbons (Fsp3) is 0.450. The molecule has 1 saturated heterocycles. The number of rotatable bonds is 2. The quantitative estimate of drug-likeness (QED) is 0.845. The average molecular weight is 337 g/mol. The maximum atomic E-state index is 12.2. The molecule has 0 aliphatic carbocycles. The first-order valence-corrected chi connectivity index (χ1v) is 8.92. The predicted octanol–water partition coefficient (Wildman–Crippen LogP) is 2.86. The van der Waals surface area contributed by atoms with Gasteiger partial charge in [-0.15, -0.1) is 0 Å². The normalized spacial score (nSPS) is 22.2. The van der Waals surface area contributed by atoms with Gasteiger partial charge in [-0.2, -0.15) is 0 Å². The molecule has 3 heterocycles. The number of nitrogens with zero attached hydrogens (tertiary/aromatic N) is 3. The third kappa shape index (κ3) is 2.72. The highest BCUT2D eigenvalue weighted by Crippen LogP contribution is 2.40. The van der Waals surface area contributed by atoms with E-state index in [0.717, 1.165) is 41.3 Å². The van der Waals surface area contributed by atoms with Crippen molar-refractivity contribution < 1.29 is 9.53 Å². The first-order valence-electron chi connectivity index (χ1n) is 8.92. The molecule has 2 aliphatic rings. The van der Waals surface area contributed by atoms with Crippen molar-refractivity contribution >= 4 is 5.91 Å². The molecule has 0 saturated carbocycles. The molecule has 1 aromatic heterocycles. The van der Waals surface area contributed by atoms with Crippen LogP contribution in [-0.4, -0.2) is 40.5 Å². The van der Waals surface area contributed by atoms with Gasteiger partial charge in [-0.25, -0.2) is 9.97 Å². The van der Waals surface area contributed by atoms with E-state index in [1.165, 1.54) is 0 Å². The Hall–Kier alpha value is -2.27. The number of hydrogen-bond donors (Lipinski definition) is 0. The topological polar surface area (TPSA) is 55.3 Å². The number of ether oxygens (including phenoxy) is 1. The molecule has 1 fully saturated rings. The van der Waals surface area contributed by atoms with Gasteiger partial charge in [0, 0.05) is 36.3 Å². The third-order valence-electron chi connectivity index (χ3n) is 5.38. The maximum absolute atomic E-state index is 12.2. The number of fused-ring (bicyclic) bond motifs is 2. The highest BCUT2D eigenvalue weighted by Gasteiger charge is 2.46. The Kier molecular flexibility index (Phi) is 4.04. The molecule has 2 aliphatic heterocycles. The molecule has 1 aromatic carbocycles. The number of carbonyl (C=O) groups is 1. The van der Waals surface area contributed by atoms with Gasteiger partial charge in [0.05, 0.1) is 24.3 Å². The number of amides is 1. The molecular weight excluding hydrogens is 314 g/mol. The van der Waals surface area contributed by atoms with Crippen LogP contribution < -0.4 is 0 Å². The molecule has 0 bridgehead atoms. The van der Waals surface area contributed by atoms with Gasteiger partial charge in [-0.1, -0.05) is 37.3 Å². The Morgan fingerprint density at radius 3 is 2.84 bits per heavy atom. The zero-order chi connectivity index (χ0) is 17.4. The van der Waals surface area contributed by atoms with Crippen molar-refractivity contribution in [3.8, 4) is 11.4 Å². The van der Waals surface area contributed by atoms with Crippen LogP contribution in [0.15, 0.2) is 30.3 Å². The second kappa shape index (κ2) is 6.23. The van der Waals surface area contributed by atoms with Gasteiger partial charge in [0.2, 0.25) is 5.91 Å². The summed E-state index contributed by atoms with van der Waals surface area (Å²) in [6, 6.07) is 10.1. The second-order valence-electron chi connectivity index (χ2n) is 7.02. The fourth-order valence-electron chi connectivity index (χ4n) is 3.96. The summed E-state index contributed by atoms with van der Waals surface area (Å²) in [6.07, 6.45) is 1.44. The lowest BCUT2D eigenvalue weighted by atomic mass is 9.80. The number of likely N-dealkylation sites (tertiary alicyclic amines) is 1. The summed E-state index contributed by atoms with van der Waals surface area (Å²) in [5.74, 6) is 0.969. The van der Waals surface area contributed by atoms with Gasteiger partial charge in [-0.05, 0) is 13.3 Å². The lowest BCUT2D eigenvalue weighted by Crippen LogP contribution is -2.42. The smallest absolute Gasteiger partial charge is 0.222 e. The number of benzene rings is 1. The van der Waals surface area contributed by atoms with E-state index in [0.29, 0.717) is 26.2 Å². The van der Waals surface area contributed by atoms with Crippen LogP contribution in [0.3, 0.4) is 0 Å². The molecule has 1 unspecified atom stereocenters. The van der Waals surface area contributed by atoms with E-state index in [9.17, 15) is 4.79 Å². The zero-order valence-corrected chi connectivity index (χ0v) is 14.8. The molecule has 1 amide bonds. The summed E-state index contributed by atoms with van der Waals surface area (Å²) in [7, 11) is 0. The largest absolute Gasteiger partial charge is 0.376 e. The minimum Gasteiger partial charge on any atom is -0.376 e. The van der Waals surface area contributed by atoms with Crippen LogP contribution in [0.1, 0.15) is 36.7 Å². The number of hydrogen-bond acceptors (Lipinski definition) is 4. The van der Waals surface area contributed by atoms with Gasteiger partial charge >= 0.3 is 0 Å². The lowest BCUT2D eigenvalue weighted by molar-refractivity contribution is -0.130. The van der Waals surface area contributed by atoms with Crippen molar-refractivity contribution in [3.05, 3.63) is 47.3 Å².